The van der Waals surface area contributed by atoms with E-state index >= 15 is 0 Å². The standard InChI is InChI=1S/C13H14F3N3O/c1-8(17)10-3-2-9(14)6-11(10)20-7-12-18-4-5-19(12)13(15)16/h2-6,8,13H,7,17H2,1H3/t8-/m0/s1. The van der Waals surface area contributed by atoms with Crippen LogP contribution < -0.4 is 10.5 Å². The first-order chi connectivity index (χ1) is 9.49. The molecule has 1 aromatic heterocycles. The maximum atomic E-state index is 13.2. The van der Waals surface area contributed by atoms with Gasteiger partial charge in [0.05, 0.1) is 0 Å². The fourth-order valence-electron chi connectivity index (χ4n) is 1.79. The summed E-state index contributed by atoms with van der Waals surface area (Å²) in [6.07, 6.45) is 2.41. The number of rotatable bonds is 5. The molecular weight excluding hydrogens is 271 g/mol. The fraction of sp³-hybridized carbons (Fsp3) is 0.308. The highest BCUT2D eigenvalue weighted by Gasteiger charge is 2.14. The van der Waals surface area contributed by atoms with Crippen LogP contribution in [0.5, 0.6) is 5.75 Å². The van der Waals surface area contributed by atoms with E-state index in [-0.39, 0.29) is 24.2 Å². The maximum Gasteiger partial charge on any atom is 0.320 e. The molecule has 0 spiro atoms. The van der Waals surface area contributed by atoms with E-state index in [2.05, 4.69) is 4.98 Å². The molecule has 0 radical (unpaired) electrons. The Kier molecular flexibility index (Phi) is 4.29. The zero-order valence-electron chi connectivity index (χ0n) is 10.8. The molecular formula is C13H14F3N3O. The van der Waals surface area contributed by atoms with Crippen LogP contribution in [-0.4, -0.2) is 9.55 Å². The third-order valence-electron chi connectivity index (χ3n) is 2.78. The topological polar surface area (TPSA) is 53.1 Å². The van der Waals surface area contributed by atoms with Gasteiger partial charge in [-0.25, -0.2) is 9.37 Å². The van der Waals surface area contributed by atoms with Gasteiger partial charge in [0.1, 0.15) is 18.2 Å². The minimum atomic E-state index is -2.70. The molecule has 0 unspecified atom stereocenters. The maximum absolute atomic E-state index is 13.2. The van der Waals surface area contributed by atoms with E-state index in [1.807, 2.05) is 0 Å². The summed E-state index contributed by atoms with van der Waals surface area (Å²) in [6.45, 7) is -1.17. The first kappa shape index (κ1) is 14.4. The number of hydrogen-bond donors (Lipinski definition) is 1. The molecule has 2 rings (SSSR count). The summed E-state index contributed by atoms with van der Waals surface area (Å²) >= 11 is 0. The second kappa shape index (κ2) is 5.96. The lowest BCUT2D eigenvalue weighted by molar-refractivity contribution is 0.0631. The molecule has 0 amide bonds. The number of hydrogen-bond acceptors (Lipinski definition) is 3. The molecule has 20 heavy (non-hydrogen) atoms. The van der Waals surface area contributed by atoms with Gasteiger partial charge in [-0.1, -0.05) is 6.07 Å². The summed E-state index contributed by atoms with van der Waals surface area (Å²) in [6, 6.07) is 3.59. The minimum Gasteiger partial charge on any atom is -0.485 e. The Hall–Kier alpha value is -2.02. The van der Waals surface area contributed by atoms with Gasteiger partial charge in [0.15, 0.2) is 5.82 Å². The molecule has 1 atom stereocenters. The van der Waals surface area contributed by atoms with Crippen molar-refractivity contribution in [2.24, 2.45) is 5.73 Å². The molecule has 2 N–H and O–H groups in total. The summed E-state index contributed by atoms with van der Waals surface area (Å²) in [5, 5.41) is 0. The highest BCUT2D eigenvalue weighted by Crippen LogP contribution is 2.26. The van der Waals surface area contributed by atoms with E-state index in [1.54, 1.807) is 6.92 Å². The van der Waals surface area contributed by atoms with Crippen molar-refractivity contribution < 1.29 is 17.9 Å². The molecule has 108 valence electrons. The summed E-state index contributed by atoms with van der Waals surface area (Å²) < 4.78 is 44.6. The molecule has 0 saturated heterocycles. The first-order valence-electron chi connectivity index (χ1n) is 5.96. The van der Waals surface area contributed by atoms with Crippen molar-refractivity contribution in [2.75, 3.05) is 0 Å². The Morgan fingerprint density at radius 3 is 2.80 bits per heavy atom. The molecule has 2 aromatic rings. The Morgan fingerprint density at radius 2 is 2.15 bits per heavy atom. The van der Waals surface area contributed by atoms with E-state index in [1.165, 1.54) is 24.4 Å². The third-order valence-corrected chi connectivity index (χ3v) is 2.78. The monoisotopic (exact) mass is 285 g/mol. The lowest BCUT2D eigenvalue weighted by Crippen LogP contribution is -2.11. The van der Waals surface area contributed by atoms with Gasteiger partial charge in [-0.15, -0.1) is 0 Å². The van der Waals surface area contributed by atoms with Crippen LogP contribution in [0.2, 0.25) is 0 Å². The van der Waals surface area contributed by atoms with Crippen LogP contribution in [0, 0.1) is 5.82 Å². The van der Waals surface area contributed by atoms with E-state index in [9.17, 15) is 13.2 Å². The molecule has 7 heteroatoms. The van der Waals surface area contributed by atoms with Gasteiger partial charge in [-0.2, -0.15) is 8.78 Å². The quantitative estimate of drug-likeness (QED) is 0.918. The number of nitrogens with two attached hydrogens (primary N) is 1. The van der Waals surface area contributed by atoms with Crippen LogP contribution in [0.1, 0.15) is 30.9 Å². The lowest BCUT2D eigenvalue weighted by Gasteiger charge is -2.14. The van der Waals surface area contributed by atoms with Crippen LogP contribution in [0.3, 0.4) is 0 Å². The van der Waals surface area contributed by atoms with Crippen molar-refractivity contribution in [3.8, 4) is 5.75 Å². The Morgan fingerprint density at radius 1 is 1.40 bits per heavy atom. The Bertz CT molecular complexity index is 584. The number of ether oxygens (including phenoxy) is 1. The van der Waals surface area contributed by atoms with E-state index in [0.717, 1.165) is 6.20 Å². The predicted octanol–water partition coefficient (Wildman–Crippen LogP) is 3.02. The van der Waals surface area contributed by atoms with Gasteiger partial charge in [-0.3, -0.25) is 4.57 Å². The number of benzene rings is 1. The van der Waals surface area contributed by atoms with E-state index in [0.29, 0.717) is 10.1 Å². The smallest absolute Gasteiger partial charge is 0.320 e. The summed E-state index contributed by atoms with van der Waals surface area (Å²) in [4.78, 5) is 3.78. The number of halogens is 3. The largest absolute Gasteiger partial charge is 0.485 e. The number of aromatic nitrogens is 2. The van der Waals surface area contributed by atoms with E-state index < -0.39 is 12.4 Å². The van der Waals surface area contributed by atoms with Crippen molar-refractivity contribution >= 4 is 0 Å². The lowest BCUT2D eigenvalue weighted by atomic mass is 10.1. The molecule has 0 aliphatic carbocycles. The Balaban J connectivity index is 2.18. The average molecular weight is 285 g/mol. The minimum absolute atomic E-state index is 0.0554. The van der Waals surface area contributed by atoms with Crippen LogP contribution in [0.25, 0.3) is 0 Å². The molecule has 0 aliphatic rings. The molecule has 1 heterocycles. The van der Waals surface area contributed by atoms with E-state index in [4.69, 9.17) is 10.5 Å². The number of alkyl halides is 2. The molecule has 0 fully saturated rings. The zero-order chi connectivity index (χ0) is 14.7. The number of nitrogens with zero attached hydrogens (tertiary/aromatic N) is 2. The molecule has 0 saturated carbocycles. The molecule has 1 aromatic carbocycles. The van der Waals surface area contributed by atoms with Gasteiger partial charge < -0.3 is 10.5 Å². The highest BCUT2D eigenvalue weighted by atomic mass is 19.3. The van der Waals surface area contributed by atoms with Crippen molar-refractivity contribution in [2.45, 2.75) is 26.1 Å². The van der Waals surface area contributed by atoms with Crippen LogP contribution in [0.4, 0.5) is 13.2 Å². The van der Waals surface area contributed by atoms with Crippen LogP contribution in [-0.2, 0) is 6.61 Å². The molecule has 4 nitrogen and oxygen atoms in total. The second-order valence-corrected chi connectivity index (χ2v) is 4.29. The third kappa shape index (κ3) is 3.11. The summed E-state index contributed by atoms with van der Waals surface area (Å²) in [5.74, 6) is -0.203. The van der Waals surface area contributed by atoms with Crippen molar-refractivity contribution in [3.63, 3.8) is 0 Å². The molecule has 0 aliphatic heterocycles. The van der Waals surface area contributed by atoms with Crippen molar-refractivity contribution in [1.82, 2.24) is 9.55 Å². The Labute approximate surface area is 114 Å². The summed E-state index contributed by atoms with van der Waals surface area (Å²) in [7, 11) is 0. The van der Waals surface area contributed by atoms with Gasteiger partial charge in [0, 0.05) is 30.1 Å². The summed E-state index contributed by atoms with van der Waals surface area (Å²) in [5.41, 5.74) is 6.35. The fourth-order valence-corrected chi connectivity index (χ4v) is 1.79. The average Bonchev–Trinajstić information content (AvgIpc) is 2.84. The molecule has 0 bridgehead atoms. The zero-order valence-corrected chi connectivity index (χ0v) is 10.8. The van der Waals surface area contributed by atoms with Gasteiger partial charge in [-0.05, 0) is 13.0 Å². The van der Waals surface area contributed by atoms with Gasteiger partial charge >= 0.3 is 6.55 Å². The van der Waals surface area contributed by atoms with Crippen LogP contribution in [0.15, 0.2) is 30.6 Å². The first-order valence-corrected chi connectivity index (χ1v) is 5.96. The second-order valence-electron chi connectivity index (χ2n) is 4.29. The van der Waals surface area contributed by atoms with Gasteiger partial charge in [0.25, 0.3) is 0 Å². The normalized spacial score (nSPS) is 12.7. The van der Waals surface area contributed by atoms with Crippen molar-refractivity contribution in [3.05, 3.63) is 47.8 Å². The number of imidazole rings is 1. The highest BCUT2D eigenvalue weighted by molar-refractivity contribution is 5.36. The van der Waals surface area contributed by atoms with Crippen molar-refractivity contribution in [1.29, 1.82) is 0 Å². The van der Waals surface area contributed by atoms with Gasteiger partial charge in [0.2, 0.25) is 0 Å². The SMILES string of the molecule is C[C@H](N)c1ccc(F)cc1OCc1nccn1C(F)F. The predicted molar refractivity (Wildman–Crippen MR) is 66.8 cm³/mol. The van der Waals surface area contributed by atoms with Crippen LogP contribution >= 0.6 is 0 Å².